The van der Waals surface area contributed by atoms with Gasteiger partial charge in [-0.3, -0.25) is 14.4 Å². The first-order chi connectivity index (χ1) is 21.8. The molecule has 0 aliphatic heterocycles. The van der Waals surface area contributed by atoms with Crippen LogP contribution >= 0.6 is 0 Å². The fourth-order valence-corrected chi connectivity index (χ4v) is 5.25. The average molecular weight is 605 g/mol. The number of para-hydroxylation sites is 1. The predicted molar refractivity (Wildman–Crippen MR) is 170 cm³/mol. The number of carboxylic acid groups (broad SMARTS) is 1. The van der Waals surface area contributed by atoms with E-state index in [4.69, 9.17) is 0 Å². The Morgan fingerprint density at radius 2 is 1.09 bits per heavy atom. The van der Waals surface area contributed by atoms with Gasteiger partial charge in [-0.05, 0) is 28.8 Å². The molecule has 4 N–H and O–H groups in total. The first kappa shape index (κ1) is 30.7. The second-order valence-electron chi connectivity index (χ2n) is 10.7. The summed E-state index contributed by atoms with van der Waals surface area (Å²) in [6.45, 7) is 0. The number of aromatic nitrogens is 2. The molecule has 3 atom stereocenters. The first-order valence-corrected chi connectivity index (χ1v) is 14.5. The van der Waals surface area contributed by atoms with E-state index in [0.29, 0.717) is 22.2 Å². The molecule has 5 rings (SSSR count). The molecule has 0 bridgehead atoms. The van der Waals surface area contributed by atoms with Crippen LogP contribution < -0.4 is 21.9 Å². The topological polar surface area (TPSA) is 150 Å². The van der Waals surface area contributed by atoms with Crippen LogP contribution in [0.2, 0.25) is 0 Å². The number of nitrogens with zero attached hydrogens (tertiary/aromatic N) is 1. The van der Waals surface area contributed by atoms with E-state index in [9.17, 15) is 29.1 Å². The lowest BCUT2D eigenvalue weighted by molar-refractivity contribution is -0.142. The van der Waals surface area contributed by atoms with Crippen molar-refractivity contribution in [1.82, 2.24) is 20.2 Å². The zero-order valence-corrected chi connectivity index (χ0v) is 24.3. The lowest BCUT2D eigenvalue weighted by atomic mass is 10.0. The first-order valence-electron chi connectivity index (χ1n) is 14.5. The SMILES string of the molecule is O=C(N[C@H](Cc1ccccc1)C(=O)O)[C@H](Cc1ccccc1)NC(=O)[C@@H](Cc1ccccc1)n1c(=O)[nH]c2ccccc2c1=O. The fourth-order valence-electron chi connectivity index (χ4n) is 5.25. The average Bonchev–Trinajstić information content (AvgIpc) is 3.05. The summed E-state index contributed by atoms with van der Waals surface area (Å²) < 4.78 is 0.873. The maximum atomic E-state index is 14.1. The third-order valence-corrected chi connectivity index (χ3v) is 7.54. The van der Waals surface area contributed by atoms with Crippen LogP contribution in [0, 0.1) is 0 Å². The zero-order chi connectivity index (χ0) is 31.8. The van der Waals surface area contributed by atoms with Gasteiger partial charge in [0.2, 0.25) is 11.8 Å². The van der Waals surface area contributed by atoms with Gasteiger partial charge in [-0.1, -0.05) is 103 Å². The Labute approximate surface area is 258 Å². The van der Waals surface area contributed by atoms with E-state index < -0.39 is 47.2 Å². The normalized spacial score (nSPS) is 13.0. The van der Waals surface area contributed by atoms with Gasteiger partial charge in [0.25, 0.3) is 5.56 Å². The van der Waals surface area contributed by atoms with E-state index in [2.05, 4.69) is 15.6 Å². The highest BCUT2D eigenvalue weighted by Crippen LogP contribution is 2.15. The standard InChI is InChI=1S/C35H32N4O6/c40-31(37-29(34(43)44)21-24-14-6-2-7-15-24)28(20-23-12-4-1-5-13-23)36-32(41)30(22-25-16-8-3-9-17-25)39-33(42)26-18-10-11-19-27(26)38-35(39)45/h1-19,28-30H,20-22H2,(H,36,41)(H,37,40)(H,38,45)(H,43,44)/t28-,29+,30+/m0/s1. The second kappa shape index (κ2) is 14.1. The van der Waals surface area contributed by atoms with Crippen LogP contribution in [-0.4, -0.2) is 44.5 Å². The number of carboxylic acids is 1. The van der Waals surface area contributed by atoms with Crippen LogP contribution in [0.15, 0.2) is 125 Å². The summed E-state index contributed by atoms with van der Waals surface area (Å²) in [6.07, 6.45) is 0.0585. The van der Waals surface area contributed by atoms with Crippen LogP contribution in [0.25, 0.3) is 10.9 Å². The Bertz CT molecular complexity index is 1910. The van der Waals surface area contributed by atoms with Gasteiger partial charge >= 0.3 is 11.7 Å². The molecule has 0 spiro atoms. The smallest absolute Gasteiger partial charge is 0.329 e. The van der Waals surface area contributed by atoms with Crippen molar-refractivity contribution in [2.24, 2.45) is 0 Å². The largest absolute Gasteiger partial charge is 0.480 e. The van der Waals surface area contributed by atoms with Crippen molar-refractivity contribution in [3.8, 4) is 0 Å². The highest BCUT2D eigenvalue weighted by Gasteiger charge is 2.31. The monoisotopic (exact) mass is 604 g/mol. The van der Waals surface area contributed by atoms with E-state index in [0.717, 1.165) is 4.57 Å². The van der Waals surface area contributed by atoms with E-state index in [-0.39, 0.29) is 24.6 Å². The summed E-state index contributed by atoms with van der Waals surface area (Å²) in [5.41, 5.74) is 1.04. The summed E-state index contributed by atoms with van der Waals surface area (Å²) in [6, 6.07) is 29.5. The molecule has 0 unspecified atom stereocenters. The number of rotatable bonds is 12. The summed E-state index contributed by atoms with van der Waals surface area (Å²) >= 11 is 0. The van der Waals surface area contributed by atoms with Crippen molar-refractivity contribution in [3.05, 3.63) is 153 Å². The number of nitrogens with one attached hydrogen (secondary N) is 3. The lowest BCUT2D eigenvalue weighted by Gasteiger charge is -2.25. The molecule has 1 aromatic heterocycles. The molecular formula is C35H32N4O6. The van der Waals surface area contributed by atoms with Gasteiger partial charge in [0.15, 0.2) is 0 Å². The van der Waals surface area contributed by atoms with Gasteiger partial charge < -0.3 is 20.7 Å². The Balaban J connectivity index is 1.49. The summed E-state index contributed by atoms with van der Waals surface area (Å²) in [5.74, 6) is -2.69. The number of benzene rings is 4. The number of H-pyrrole nitrogens is 1. The number of hydrogen-bond donors (Lipinski definition) is 4. The van der Waals surface area contributed by atoms with Crippen molar-refractivity contribution in [3.63, 3.8) is 0 Å². The molecule has 1 heterocycles. The van der Waals surface area contributed by atoms with Gasteiger partial charge in [-0.2, -0.15) is 0 Å². The number of carbonyl (C=O) groups is 3. The molecule has 4 aromatic carbocycles. The molecule has 0 radical (unpaired) electrons. The zero-order valence-electron chi connectivity index (χ0n) is 24.3. The maximum Gasteiger partial charge on any atom is 0.329 e. The van der Waals surface area contributed by atoms with Crippen LogP contribution in [0.1, 0.15) is 22.7 Å². The lowest BCUT2D eigenvalue weighted by Crippen LogP contribution is -2.55. The molecule has 2 amide bonds. The number of aromatic amines is 1. The van der Waals surface area contributed by atoms with E-state index in [1.165, 1.54) is 0 Å². The summed E-state index contributed by atoms with van der Waals surface area (Å²) in [5, 5.41) is 15.5. The quantitative estimate of drug-likeness (QED) is 0.172. The molecule has 228 valence electrons. The minimum absolute atomic E-state index is 0.0145. The maximum absolute atomic E-state index is 14.1. The van der Waals surface area contributed by atoms with Crippen LogP contribution in [0.4, 0.5) is 0 Å². The van der Waals surface area contributed by atoms with Crippen molar-refractivity contribution < 1.29 is 19.5 Å². The summed E-state index contributed by atoms with van der Waals surface area (Å²) in [4.78, 5) is 69.5. The second-order valence-corrected chi connectivity index (χ2v) is 10.7. The van der Waals surface area contributed by atoms with Crippen molar-refractivity contribution >= 4 is 28.7 Å². The molecule has 5 aromatic rings. The number of hydrogen-bond acceptors (Lipinski definition) is 5. The Hall–Kier alpha value is -5.77. The minimum Gasteiger partial charge on any atom is -0.480 e. The highest BCUT2D eigenvalue weighted by molar-refractivity contribution is 5.92. The van der Waals surface area contributed by atoms with Crippen LogP contribution in [-0.2, 0) is 33.6 Å². The van der Waals surface area contributed by atoms with Gasteiger partial charge in [0.1, 0.15) is 18.1 Å². The number of fused-ring (bicyclic) bond motifs is 1. The number of amides is 2. The van der Waals surface area contributed by atoms with Crippen LogP contribution in [0.5, 0.6) is 0 Å². The Morgan fingerprint density at radius 1 is 0.622 bits per heavy atom. The highest BCUT2D eigenvalue weighted by atomic mass is 16.4. The molecule has 10 nitrogen and oxygen atoms in total. The molecule has 45 heavy (non-hydrogen) atoms. The van der Waals surface area contributed by atoms with E-state index in [1.807, 2.05) is 12.1 Å². The van der Waals surface area contributed by atoms with Gasteiger partial charge in [-0.25, -0.2) is 14.2 Å². The van der Waals surface area contributed by atoms with Gasteiger partial charge in [0, 0.05) is 19.3 Å². The van der Waals surface area contributed by atoms with Crippen molar-refractivity contribution in [1.29, 1.82) is 0 Å². The third-order valence-electron chi connectivity index (χ3n) is 7.54. The Morgan fingerprint density at radius 3 is 1.64 bits per heavy atom. The predicted octanol–water partition coefficient (Wildman–Crippen LogP) is 3.01. The number of aliphatic carboxylic acids is 1. The fraction of sp³-hybridized carbons (Fsp3) is 0.171. The molecule has 0 fully saturated rings. The molecule has 0 saturated heterocycles. The van der Waals surface area contributed by atoms with Crippen molar-refractivity contribution in [2.75, 3.05) is 0 Å². The molecule has 0 aliphatic rings. The van der Waals surface area contributed by atoms with Crippen LogP contribution in [0.3, 0.4) is 0 Å². The molecular weight excluding hydrogens is 572 g/mol. The van der Waals surface area contributed by atoms with Gasteiger partial charge in [-0.15, -0.1) is 0 Å². The Kier molecular flexibility index (Phi) is 9.64. The van der Waals surface area contributed by atoms with Crippen molar-refractivity contribution in [2.45, 2.75) is 37.4 Å². The minimum atomic E-state index is -1.32. The van der Waals surface area contributed by atoms with E-state index in [1.54, 1.807) is 103 Å². The van der Waals surface area contributed by atoms with E-state index >= 15 is 0 Å². The van der Waals surface area contributed by atoms with Gasteiger partial charge in [0.05, 0.1) is 10.9 Å². The number of carbonyl (C=O) groups excluding carboxylic acids is 2. The third kappa shape index (κ3) is 7.61. The molecule has 0 aliphatic carbocycles. The molecule has 0 saturated carbocycles. The molecule has 10 heteroatoms. The summed E-state index contributed by atoms with van der Waals surface area (Å²) in [7, 11) is 0.